The molecule has 5 heterocycles. The molecule has 0 N–H and O–H groups in total. The molecule has 7 rings (SSSR count). The van der Waals surface area contributed by atoms with Crippen LogP contribution in [0.1, 0.15) is 75.6 Å². The van der Waals surface area contributed by atoms with Gasteiger partial charge >= 0.3 is 5.69 Å². The fourth-order valence-corrected chi connectivity index (χ4v) is 7.81. The highest BCUT2D eigenvalue weighted by Gasteiger charge is 2.48. The Bertz CT molecular complexity index is 1570. The second-order valence-electron chi connectivity index (χ2n) is 12.6. The van der Waals surface area contributed by atoms with Crippen LogP contribution in [0.2, 0.25) is 0 Å². The van der Waals surface area contributed by atoms with Gasteiger partial charge < -0.3 is 18.7 Å². The molecule has 2 aliphatic heterocycles. The average Bonchev–Trinajstić information content (AvgIpc) is 3.78. The van der Waals surface area contributed by atoms with E-state index in [1.54, 1.807) is 23.3 Å². The van der Waals surface area contributed by atoms with E-state index >= 15 is 0 Å². The van der Waals surface area contributed by atoms with E-state index in [4.69, 9.17) is 28.7 Å². The summed E-state index contributed by atoms with van der Waals surface area (Å²) in [4.78, 5) is 39.0. The van der Waals surface area contributed by atoms with E-state index in [0.717, 1.165) is 69.2 Å². The Balaban J connectivity index is 1.36. The molecule has 5 atom stereocenters. The van der Waals surface area contributed by atoms with Gasteiger partial charge in [-0.15, -0.1) is 0 Å². The van der Waals surface area contributed by atoms with E-state index in [9.17, 15) is 9.59 Å². The molecule has 0 radical (unpaired) electrons. The summed E-state index contributed by atoms with van der Waals surface area (Å²) in [5.74, 6) is 1.38. The third kappa shape index (κ3) is 4.24. The first-order valence-electron chi connectivity index (χ1n) is 15.3. The van der Waals surface area contributed by atoms with Gasteiger partial charge in [-0.3, -0.25) is 18.8 Å². The SMILES string of the molecule is CO[C@@H]1C[C@@H]([C@H](C)Oc2nc(-c3onc4c3CCC[C@@]43CCCCC3=O)nc3c2n(C)c(=O)n3[C@@H]2CCOC2)N(C)C1. The fourth-order valence-electron chi connectivity index (χ4n) is 7.81. The molecule has 0 unspecified atom stereocenters. The van der Waals surface area contributed by atoms with Gasteiger partial charge in [-0.1, -0.05) is 11.6 Å². The molecule has 0 bridgehead atoms. The summed E-state index contributed by atoms with van der Waals surface area (Å²) in [7, 11) is 5.54. The number of Topliss-reactive ketones (excluding diaryl/α,β-unsaturated/α-hetero) is 1. The summed E-state index contributed by atoms with van der Waals surface area (Å²) in [6, 6.07) is -0.0228. The molecule has 3 aromatic heterocycles. The van der Waals surface area contributed by atoms with Crippen molar-refractivity contribution in [2.45, 2.75) is 94.4 Å². The van der Waals surface area contributed by atoms with Gasteiger partial charge in [0, 0.05) is 45.3 Å². The van der Waals surface area contributed by atoms with Crippen LogP contribution in [-0.2, 0) is 33.2 Å². The molecule has 12 nitrogen and oxygen atoms in total. The van der Waals surface area contributed by atoms with Gasteiger partial charge in [0.15, 0.2) is 11.2 Å². The van der Waals surface area contributed by atoms with Crippen molar-refractivity contribution in [2.75, 3.05) is 33.9 Å². The molecule has 1 spiro atoms. The Morgan fingerprint density at radius 3 is 2.67 bits per heavy atom. The number of likely N-dealkylation sites (tertiary alicyclic amines) is 1. The molecule has 0 aromatic carbocycles. The topological polar surface area (TPSA) is 127 Å². The van der Waals surface area contributed by atoms with E-state index in [2.05, 4.69) is 17.1 Å². The van der Waals surface area contributed by atoms with Crippen molar-refractivity contribution >= 4 is 16.9 Å². The number of hydrogen-bond acceptors (Lipinski definition) is 10. The summed E-state index contributed by atoms with van der Waals surface area (Å²) >= 11 is 0. The van der Waals surface area contributed by atoms with Crippen LogP contribution in [0.5, 0.6) is 5.88 Å². The highest BCUT2D eigenvalue weighted by Crippen LogP contribution is 2.47. The van der Waals surface area contributed by atoms with E-state index < -0.39 is 5.41 Å². The molecule has 2 saturated heterocycles. The van der Waals surface area contributed by atoms with Crippen molar-refractivity contribution < 1.29 is 23.5 Å². The Morgan fingerprint density at radius 1 is 1.10 bits per heavy atom. The molecule has 3 aromatic rings. The van der Waals surface area contributed by atoms with Crippen LogP contribution in [0.3, 0.4) is 0 Å². The largest absolute Gasteiger partial charge is 0.471 e. The highest BCUT2D eigenvalue weighted by atomic mass is 16.5. The standard InChI is InChI=1S/C30H40N6O6/c1-17(21-14-19(39-4)15-34(21)2)41-28-23-27(36(29(38)35(23)3)18-10-13-40-16-18)31-26(32-28)24-20-8-7-12-30(25(20)33-42-24)11-6-5-9-22(30)37/h17-19,21H,5-16H2,1-4H3/t17-,18+,19+,21-,30+/m0/s1. The number of nitrogens with zero attached hydrogens (tertiary/aromatic N) is 6. The van der Waals surface area contributed by atoms with Crippen LogP contribution in [0.4, 0.5) is 0 Å². The predicted octanol–water partition coefficient (Wildman–Crippen LogP) is 2.95. The summed E-state index contributed by atoms with van der Waals surface area (Å²) in [5.41, 5.74) is 1.92. The van der Waals surface area contributed by atoms with Crippen molar-refractivity contribution in [2.24, 2.45) is 7.05 Å². The maximum atomic E-state index is 13.6. The summed E-state index contributed by atoms with van der Waals surface area (Å²) < 4.78 is 27.2. The Hall–Kier alpha value is -3.09. The van der Waals surface area contributed by atoms with Gasteiger partial charge in [0.05, 0.1) is 24.2 Å². The van der Waals surface area contributed by atoms with Crippen LogP contribution in [0.25, 0.3) is 22.7 Å². The Morgan fingerprint density at radius 2 is 1.93 bits per heavy atom. The number of carbonyl (C=O) groups is 1. The zero-order valence-electron chi connectivity index (χ0n) is 24.9. The Labute approximate surface area is 244 Å². The van der Waals surface area contributed by atoms with Crippen molar-refractivity contribution in [3.8, 4) is 17.5 Å². The van der Waals surface area contributed by atoms with Gasteiger partial charge in [-0.25, -0.2) is 9.78 Å². The van der Waals surface area contributed by atoms with Gasteiger partial charge in [0.1, 0.15) is 17.6 Å². The second-order valence-corrected chi connectivity index (χ2v) is 12.6. The summed E-state index contributed by atoms with van der Waals surface area (Å²) in [6.45, 7) is 3.88. The lowest BCUT2D eigenvalue weighted by Gasteiger charge is -2.37. The molecular formula is C30H40N6O6. The third-order valence-corrected chi connectivity index (χ3v) is 10.2. The van der Waals surface area contributed by atoms with Gasteiger partial charge in [0.25, 0.3) is 0 Å². The van der Waals surface area contributed by atoms with Gasteiger partial charge in [-0.2, -0.15) is 4.98 Å². The normalized spacial score (nSPS) is 29.0. The maximum Gasteiger partial charge on any atom is 0.330 e. The minimum Gasteiger partial charge on any atom is -0.471 e. The van der Waals surface area contributed by atoms with Crippen LogP contribution >= 0.6 is 0 Å². The lowest BCUT2D eigenvalue weighted by molar-refractivity contribution is -0.127. The molecule has 3 fully saturated rings. The second kappa shape index (κ2) is 10.6. The number of hydrogen-bond donors (Lipinski definition) is 0. The number of ketones is 1. The lowest BCUT2D eigenvalue weighted by atomic mass is 9.64. The first-order valence-corrected chi connectivity index (χ1v) is 15.3. The monoisotopic (exact) mass is 580 g/mol. The van der Waals surface area contributed by atoms with E-state index in [0.29, 0.717) is 48.3 Å². The molecule has 4 aliphatic rings. The summed E-state index contributed by atoms with van der Waals surface area (Å²) in [6.07, 6.45) is 7.18. The van der Waals surface area contributed by atoms with Crippen LogP contribution < -0.4 is 10.4 Å². The number of fused-ring (bicyclic) bond motifs is 3. The third-order valence-electron chi connectivity index (χ3n) is 10.2. The quantitative estimate of drug-likeness (QED) is 0.429. The minimum atomic E-state index is -0.577. The van der Waals surface area contributed by atoms with Crippen LogP contribution in [0.15, 0.2) is 9.32 Å². The van der Waals surface area contributed by atoms with Crippen molar-refractivity contribution in [1.82, 2.24) is 29.2 Å². The lowest BCUT2D eigenvalue weighted by Crippen LogP contribution is -2.41. The van der Waals surface area contributed by atoms with Crippen molar-refractivity contribution in [3.63, 3.8) is 0 Å². The number of rotatable bonds is 6. The number of carbonyl (C=O) groups excluding carboxylic acids is 1. The number of ether oxygens (including phenoxy) is 3. The summed E-state index contributed by atoms with van der Waals surface area (Å²) in [5, 5.41) is 4.51. The fraction of sp³-hybridized carbons (Fsp3) is 0.700. The van der Waals surface area contributed by atoms with Crippen molar-refractivity contribution in [1.29, 1.82) is 0 Å². The maximum absolute atomic E-state index is 13.6. The van der Waals surface area contributed by atoms with Gasteiger partial charge in [-0.05, 0) is 58.9 Å². The van der Waals surface area contributed by atoms with Crippen molar-refractivity contribution in [3.05, 3.63) is 21.7 Å². The number of likely N-dealkylation sites (N-methyl/N-ethyl adjacent to an activating group) is 1. The molecule has 226 valence electrons. The molecule has 12 heteroatoms. The van der Waals surface area contributed by atoms with Gasteiger partial charge in [0.2, 0.25) is 17.5 Å². The zero-order valence-corrected chi connectivity index (χ0v) is 24.9. The molecule has 0 amide bonds. The number of aryl methyl sites for hydroxylation is 1. The molecule has 2 aliphatic carbocycles. The van der Waals surface area contributed by atoms with E-state index in [-0.39, 0.29) is 35.8 Å². The van der Waals surface area contributed by atoms with E-state index in [1.165, 1.54) is 0 Å². The number of methoxy groups -OCH3 is 1. The highest BCUT2D eigenvalue weighted by molar-refractivity contribution is 5.91. The molecule has 42 heavy (non-hydrogen) atoms. The zero-order chi connectivity index (χ0) is 29.2. The van der Waals surface area contributed by atoms with E-state index in [1.807, 2.05) is 6.92 Å². The minimum absolute atomic E-state index is 0.112. The molecule has 1 saturated carbocycles. The molecular weight excluding hydrogens is 540 g/mol. The number of aromatic nitrogens is 5. The first-order chi connectivity index (χ1) is 20.3. The Kier molecular flexibility index (Phi) is 6.98. The average molecular weight is 581 g/mol. The predicted molar refractivity (Wildman–Crippen MR) is 153 cm³/mol. The van der Waals surface area contributed by atoms with Crippen LogP contribution in [0, 0.1) is 0 Å². The smallest absolute Gasteiger partial charge is 0.330 e. The first kappa shape index (κ1) is 27.7. The van der Waals surface area contributed by atoms with Crippen LogP contribution in [-0.4, -0.2) is 87.1 Å². The number of imidazole rings is 1.